The molecule has 4 heteroatoms. The summed E-state index contributed by atoms with van der Waals surface area (Å²) >= 11 is 0. The maximum atomic E-state index is 11.4. The molecule has 0 bridgehead atoms. The number of aromatic nitrogens is 1. The Bertz CT molecular complexity index is 774. The number of hydrogen-bond acceptors (Lipinski definition) is 3. The molecule has 1 heterocycles. The second-order valence-corrected chi connectivity index (χ2v) is 4.93. The zero-order valence-electron chi connectivity index (χ0n) is 12.4. The first-order valence-electron chi connectivity index (χ1n) is 7.13. The maximum Gasteiger partial charge on any atom is 0.337 e. The lowest BCUT2D eigenvalue weighted by Crippen LogP contribution is -2.07. The minimum Gasteiger partial charge on any atom is -0.492 e. The van der Waals surface area contributed by atoms with Gasteiger partial charge in [-0.25, -0.2) is 4.79 Å². The van der Waals surface area contributed by atoms with Gasteiger partial charge in [-0.15, -0.1) is 0 Å². The lowest BCUT2D eigenvalue weighted by atomic mass is 10.2. The van der Waals surface area contributed by atoms with Crippen LogP contribution in [0.2, 0.25) is 0 Å². The number of esters is 1. The van der Waals surface area contributed by atoms with Gasteiger partial charge in [0.1, 0.15) is 12.4 Å². The van der Waals surface area contributed by atoms with E-state index in [9.17, 15) is 4.79 Å². The summed E-state index contributed by atoms with van der Waals surface area (Å²) in [7, 11) is 1.37. The summed E-state index contributed by atoms with van der Waals surface area (Å²) < 4.78 is 12.6. The van der Waals surface area contributed by atoms with Gasteiger partial charge in [0.05, 0.1) is 19.2 Å². The Morgan fingerprint density at radius 1 is 1.05 bits per heavy atom. The van der Waals surface area contributed by atoms with Crippen LogP contribution in [0.4, 0.5) is 0 Å². The molecule has 0 aliphatic rings. The fourth-order valence-corrected chi connectivity index (χ4v) is 2.40. The van der Waals surface area contributed by atoms with E-state index in [0.717, 1.165) is 12.3 Å². The minimum absolute atomic E-state index is 0.342. The number of para-hydroxylation sites is 1. The summed E-state index contributed by atoms with van der Waals surface area (Å²) in [6, 6.07) is 17.3. The first kappa shape index (κ1) is 14.2. The van der Waals surface area contributed by atoms with Crippen LogP contribution in [-0.2, 0) is 11.3 Å². The topological polar surface area (TPSA) is 40.5 Å². The number of ether oxygens (including phenoxy) is 2. The molecular weight excluding hydrogens is 278 g/mol. The van der Waals surface area contributed by atoms with Crippen LogP contribution in [0.1, 0.15) is 10.4 Å². The lowest BCUT2D eigenvalue weighted by Gasteiger charge is -2.09. The van der Waals surface area contributed by atoms with Gasteiger partial charge in [0, 0.05) is 11.7 Å². The number of nitrogens with zero attached hydrogens (tertiary/aromatic N) is 1. The molecule has 0 fully saturated rings. The highest BCUT2D eigenvalue weighted by Crippen LogP contribution is 2.16. The molecule has 0 spiro atoms. The fourth-order valence-electron chi connectivity index (χ4n) is 2.40. The molecule has 1 aromatic heterocycles. The highest BCUT2D eigenvalue weighted by molar-refractivity contribution is 5.89. The molecule has 0 aliphatic carbocycles. The van der Waals surface area contributed by atoms with Crippen LogP contribution in [-0.4, -0.2) is 24.3 Å². The van der Waals surface area contributed by atoms with E-state index in [1.165, 1.54) is 18.0 Å². The van der Waals surface area contributed by atoms with Crippen molar-refractivity contribution in [2.75, 3.05) is 13.7 Å². The van der Waals surface area contributed by atoms with E-state index < -0.39 is 0 Å². The molecule has 0 unspecified atom stereocenters. The van der Waals surface area contributed by atoms with E-state index in [1.54, 1.807) is 24.3 Å². The summed E-state index contributed by atoms with van der Waals surface area (Å²) in [6.45, 7) is 1.34. The van der Waals surface area contributed by atoms with E-state index in [-0.39, 0.29) is 5.97 Å². The third kappa shape index (κ3) is 2.96. The summed E-state index contributed by atoms with van der Waals surface area (Å²) in [4.78, 5) is 11.4. The molecule has 4 nitrogen and oxygen atoms in total. The first-order valence-corrected chi connectivity index (χ1v) is 7.13. The number of benzene rings is 2. The van der Waals surface area contributed by atoms with Gasteiger partial charge >= 0.3 is 5.97 Å². The van der Waals surface area contributed by atoms with Crippen molar-refractivity contribution in [1.29, 1.82) is 0 Å². The molecule has 0 N–H and O–H groups in total. The average Bonchev–Trinajstić information content (AvgIpc) is 2.98. The normalized spacial score (nSPS) is 10.6. The summed E-state index contributed by atoms with van der Waals surface area (Å²) in [5, 5.41) is 1.23. The van der Waals surface area contributed by atoms with Gasteiger partial charge < -0.3 is 14.0 Å². The van der Waals surface area contributed by atoms with Crippen LogP contribution in [0.5, 0.6) is 5.75 Å². The zero-order chi connectivity index (χ0) is 15.4. The van der Waals surface area contributed by atoms with Gasteiger partial charge in [-0.2, -0.15) is 0 Å². The molecule has 0 aliphatic heterocycles. The first-order chi connectivity index (χ1) is 10.8. The molecule has 0 atom stereocenters. The number of hydrogen-bond donors (Lipinski definition) is 0. The van der Waals surface area contributed by atoms with Gasteiger partial charge in [-0.1, -0.05) is 18.2 Å². The van der Waals surface area contributed by atoms with Crippen LogP contribution in [0, 0.1) is 0 Å². The molecule has 0 amide bonds. The highest BCUT2D eigenvalue weighted by Gasteiger charge is 2.05. The SMILES string of the molecule is COC(=O)c1ccc(OCCn2ccc3ccccc32)cc1. The van der Waals surface area contributed by atoms with Gasteiger partial charge in [0.15, 0.2) is 0 Å². The number of methoxy groups -OCH3 is 1. The second kappa shape index (κ2) is 6.35. The predicted octanol–water partition coefficient (Wildman–Crippen LogP) is 3.51. The van der Waals surface area contributed by atoms with Gasteiger partial charge in [0.2, 0.25) is 0 Å². The number of rotatable bonds is 5. The average molecular weight is 295 g/mol. The maximum absolute atomic E-state index is 11.4. The van der Waals surface area contributed by atoms with E-state index in [2.05, 4.69) is 33.7 Å². The van der Waals surface area contributed by atoms with Crippen molar-refractivity contribution in [2.24, 2.45) is 0 Å². The molecule has 3 rings (SSSR count). The molecular formula is C18H17NO3. The van der Waals surface area contributed by atoms with E-state index in [1.807, 2.05) is 12.1 Å². The van der Waals surface area contributed by atoms with E-state index >= 15 is 0 Å². The molecule has 2 aromatic carbocycles. The monoisotopic (exact) mass is 295 g/mol. The Kier molecular flexibility index (Phi) is 4.10. The van der Waals surface area contributed by atoms with Crippen LogP contribution >= 0.6 is 0 Å². The third-order valence-corrected chi connectivity index (χ3v) is 3.56. The van der Waals surface area contributed by atoms with Crippen molar-refractivity contribution in [3.05, 3.63) is 66.4 Å². The standard InChI is InChI=1S/C18H17NO3/c1-21-18(20)15-6-8-16(9-7-15)22-13-12-19-11-10-14-4-2-3-5-17(14)19/h2-11H,12-13H2,1H3. The molecule has 0 saturated carbocycles. The number of carbonyl (C=O) groups is 1. The minimum atomic E-state index is -0.342. The Hall–Kier alpha value is -2.75. The summed E-state index contributed by atoms with van der Waals surface area (Å²) in [5.74, 6) is 0.398. The van der Waals surface area contributed by atoms with Gasteiger partial charge in [-0.05, 0) is 41.8 Å². The van der Waals surface area contributed by atoms with Gasteiger partial charge in [0.25, 0.3) is 0 Å². The number of fused-ring (bicyclic) bond motifs is 1. The molecule has 112 valence electrons. The number of carbonyl (C=O) groups excluding carboxylic acids is 1. The fraction of sp³-hybridized carbons (Fsp3) is 0.167. The largest absolute Gasteiger partial charge is 0.492 e. The lowest BCUT2D eigenvalue weighted by molar-refractivity contribution is 0.0600. The third-order valence-electron chi connectivity index (χ3n) is 3.56. The zero-order valence-corrected chi connectivity index (χ0v) is 12.4. The molecule has 3 aromatic rings. The van der Waals surface area contributed by atoms with Crippen molar-refractivity contribution in [1.82, 2.24) is 4.57 Å². The van der Waals surface area contributed by atoms with Crippen LogP contribution in [0.3, 0.4) is 0 Å². The van der Waals surface area contributed by atoms with Crippen molar-refractivity contribution in [2.45, 2.75) is 6.54 Å². The molecule has 0 radical (unpaired) electrons. The van der Waals surface area contributed by atoms with Crippen molar-refractivity contribution in [3.8, 4) is 5.75 Å². The second-order valence-electron chi connectivity index (χ2n) is 4.93. The molecule has 22 heavy (non-hydrogen) atoms. The predicted molar refractivity (Wildman–Crippen MR) is 85.2 cm³/mol. The van der Waals surface area contributed by atoms with Crippen LogP contribution in [0.25, 0.3) is 10.9 Å². The highest BCUT2D eigenvalue weighted by atomic mass is 16.5. The summed E-state index contributed by atoms with van der Waals surface area (Å²) in [6.07, 6.45) is 2.06. The summed E-state index contributed by atoms with van der Waals surface area (Å²) in [5.41, 5.74) is 1.72. The van der Waals surface area contributed by atoms with Crippen molar-refractivity contribution in [3.63, 3.8) is 0 Å². The van der Waals surface area contributed by atoms with Crippen LogP contribution < -0.4 is 4.74 Å². The Labute approximate surface area is 128 Å². The smallest absolute Gasteiger partial charge is 0.337 e. The van der Waals surface area contributed by atoms with Crippen molar-refractivity contribution >= 4 is 16.9 Å². The quantitative estimate of drug-likeness (QED) is 0.676. The van der Waals surface area contributed by atoms with Crippen molar-refractivity contribution < 1.29 is 14.3 Å². The molecule has 0 saturated heterocycles. The Morgan fingerprint density at radius 2 is 1.82 bits per heavy atom. The van der Waals surface area contributed by atoms with Gasteiger partial charge in [-0.3, -0.25) is 0 Å². The van der Waals surface area contributed by atoms with E-state index in [4.69, 9.17) is 4.74 Å². The Balaban J connectivity index is 1.60. The van der Waals surface area contributed by atoms with Crippen LogP contribution in [0.15, 0.2) is 60.8 Å². The Morgan fingerprint density at radius 3 is 2.59 bits per heavy atom. The van der Waals surface area contributed by atoms with E-state index in [0.29, 0.717) is 12.2 Å².